The van der Waals surface area contributed by atoms with Crippen LogP contribution in [0.4, 0.5) is 0 Å². The summed E-state index contributed by atoms with van der Waals surface area (Å²) in [4.78, 5) is 0. The van der Waals surface area contributed by atoms with E-state index in [-0.39, 0.29) is 11.5 Å². The Bertz CT molecular complexity index is 763. The van der Waals surface area contributed by atoms with Crippen molar-refractivity contribution < 1.29 is 4.74 Å². The predicted molar refractivity (Wildman–Crippen MR) is 107 cm³/mol. The second kappa shape index (κ2) is 6.51. The minimum absolute atomic E-state index is 0.0827. The summed E-state index contributed by atoms with van der Waals surface area (Å²) in [6.07, 6.45) is 2.51. The molecule has 0 aromatic heterocycles. The van der Waals surface area contributed by atoms with Crippen LogP contribution in [-0.2, 0) is 17.0 Å². The van der Waals surface area contributed by atoms with Gasteiger partial charge >= 0.3 is 0 Å². The van der Waals surface area contributed by atoms with Gasteiger partial charge in [0.15, 0.2) is 0 Å². The summed E-state index contributed by atoms with van der Waals surface area (Å²) in [6.45, 7) is 10.1. The number of fused-ring (bicyclic) bond motifs is 4. The van der Waals surface area contributed by atoms with E-state index in [1.165, 1.54) is 23.1 Å². The Kier molecular flexibility index (Phi) is 4.45. The first-order valence-electron chi connectivity index (χ1n) is 10.0. The lowest BCUT2D eigenvalue weighted by molar-refractivity contribution is -0.121. The summed E-state index contributed by atoms with van der Waals surface area (Å²) >= 11 is 0. The smallest absolute Gasteiger partial charge is 0.149 e. The van der Waals surface area contributed by atoms with Crippen LogP contribution in [-0.4, -0.2) is 6.10 Å². The monoisotopic (exact) mass is 349 g/mol. The van der Waals surface area contributed by atoms with Gasteiger partial charge < -0.3 is 4.74 Å². The Labute approximate surface area is 158 Å². The number of hydrogen-bond donors (Lipinski definition) is 1. The van der Waals surface area contributed by atoms with E-state index in [1.807, 2.05) is 0 Å². The molecule has 0 amide bonds. The summed E-state index contributed by atoms with van der Waals surface area (Å²) in [6, 6.07) is 19.8. The zero-order chi connectivity index (χ0) is 18.4. The second-order valence-corrected chi connectivity index (χ2v) is 8.98. The van der Waals surface area contributed by atoms with E-state index in [0.717, 1.165) is 13.0 Å². The minimum Gasteiger partial charge on any atom is -0.352 e. The molecule has 1 fully saturated rings. The SMILES string of the molecule is CCCC1C2c3ccccc3CNC1(c1ccccc1)OC2C(C)(C)C. The van der Waals surface area contributed by atoms with Crippen molar-refractivity contribution in [1.29, 1.82) is 0 Å². The average Bonchev–Trinajstić information content (AvgIpc) is 2.89. The van der Waals surface area contributed by atoms with Crippen molar-refractivity contribution in [3.8, 4) is 0 Å². The first kappa shape index (κ1) is 17.8. The van der Waals surface area contributed by atoms with Crippen molar-refractivity contribution in [2.45, 2.75) is 64.8 Å². The quantitative estimate of drug-likeness (QED) is 0.780. The molecule has 26 heavy (non-hydrogen) atoms. The van der Waals surface area contributed by atoms with E-state index in [9.17, 15) is 0 Å². The fourth-order valence-corrected chi connectivity index (χ4v) is 5.10. The van der Waals surface area contributed by atoms with Crippen molar-refractivity contribution in [2.75, 3.05) is 0 Å². The fourth-order valence-electron chi connectivity index (χ4n) is 5.10. The largest absolute Gasteiger partial charge is 0.352 e. The van der Waals surface area contributed by atoms with Gasteiger partial charge in [0.2, 0.25) is 0 Å². The molecule has 2 heterocycles. The molecule has 0 radical (unpaired) electrons. The Morgan fingerprint density at radius 3 is 2.42 bits per heavy atom. The molecule has 2 aromatic carbocycles. The van der Waals surface area contributed by atoms with Gasteiger partial charge in [0.25, 0.3) is 0 Å². The molecule has 2 aliphatic rings. The number of benzene rings is 2. The number of hydrogen-bond acceptors (Lipinski definition) is 2. The zero-order valence-electron chi connectivity index (χ0n) is 16.5. The number of rotatable bonds is 3. The summed E-state index contributed by atoms with van der Waals surface area (Å²) in [7, 11) is 0. The molecule has 4 atom stereocenters. The van der Waals surface area contributed by atoms with Crippen molar-refractivity contribution in [1.82, 2.24) is 5.32 Å². The molecule has 2 aliphatic heterocycles. The molecule has 4 rings (SSSR count). The van der Waals surface area contributed by atoms with E-state index in [1.54, 1.807) is 0 Å². The second-order valence-electron chi connectivity index (χ2n) is 8.98. The van der Waals surface area contributed by atoms with E-state index in [2.05, 4.69) is 87.6 Å². The third-order valence-electron chi connectivity index (χ3n) is 6.21. The van der Waals surface area contributed by atoms with E-state index >= 15 is 0 Å². The maximum Gasteiger partial charge on any atom is 0.149 e. The summed E-state index contributed by atoms with van der Waals surface area (Å²) < 4.78 is 7.01. The van der Waals surface area contributed by atoms with Crippen LogP contribution in [0, 0.1) is 11.3 Å². The highest BCUT2D eigenvalue weighted by atomic mass is 16.5. The van der Waals surface area contributed by atoms with Crippen LogP contribution >= 0.6 is 0 Å². The van der Waals surface area contributed by atoms with Crippen molar-refractivity contribution in [3.05, 3.63) is 71.3 Å². The number of ether oxygens (including phenoxy) is 1. The molecule has 2 nitrogen and oxygen atoms in total. The van der Waals surface area contributed by atoms with Crippen molar-refractivity contribution in [3.63, 3.8) is 0 Å². The lowest BCUT2D eigenvalue weighted by Crippen LogP contribution is -2.47. The first-order valence-corrected chi connectivity index (χ1v) is 10.0. The Morgan fingerprint density at radius 2 is 1.73 bits per heavy atom. The molecular weight excluding hydrogens is 318 g/mol. The van der Waals surface area contributed by atoms with Crippen LogP contribution in [0.5, 0.6) is 0 Å². The molecule has 0 aliphatic carbocycles. The minimum atomic E-state index is -0.404. The Hall–Kier alpha value is -1.64. The van der Waals surface area contributed by atoms with Crippen LogP contribution < -0.4 is 5.32 Å². The zero-order valence-corrected chi connectivity index (χ0v) is 16.5. The average molecular weight is 350 g/mol. The molecule has 4 unspecified atom stereocenters. The third kappa shape index (κ3) is 2.71. The highest BCUT2D eigenvalue weighted by Gasteiger charge is 2.59. The molecule has 2 bridgehead atoms. The van der Waals surface area contributed by atoms with Crippen LogP contribution in [0.3, 0.4) is 0 Å². The molecule has 2 aromatic rings. The van der Waals surface area contributed by atoms with E-state index in [0.29, 0.717) is 11.8 Å². The van der Waals surface area contributed by atoms with Gasteiger partial charge in [-0.1, -0.05) is 88.7 Å². The van der Waals surface area contributed by atoms with Gasteiger partial charge in [-0.05, 0) is 28.5 Å². The van der Waals surface area contributed by atoms with Crippen molar-refractivity contribution in [2.24, 2.45) is 11.3 Å². The standard InChI is InChI=1S/C24H31NO/c1-5-11-20-21-19-15-10-9-12-17(19)16-25-24(20,18-13-7-6-8-14-18)26-22(21)23(2,3)4/h6-10,12-15,20-22,25H,5,11,16H2,1-4H3. The summed E-state index contributed by atoms with van der Waals surface area (Å²) in [5.74, 6) is 0.851. The molecule has 2 heteroatoms. The van der Waals surface area contributed by atoms with Gasteiger partial charge in [-0.2, -0.15) is 0 Å². The first-order chi connectivity index (χ1) is 12.5. The summed E-state index contributed by atoms with van der Waals surface area (Å²) in [5.41, 5.74) is 3.85. The predicted octanol–water partition coefficient (Wildman–Crippen LogP) is 5.59. The number of nitrogens with one attached hydrogen (secondary N) is 1. The lowest BCUT2D eigenvalue weighted by Gasteiger charge is -2.37. The van der Waals surface area contributed by atoms with Crippen LogP contribution in [0.2, 0.25) is 0 Å². The van der Waals surface area contributed by atoms with Gasteiger partial charge in [-0.3, -0.25) is 5.32 Å². The molecule has 1 saturated heterocycles. The molecule has 0 spiro atoms. The van der Waals surface area contributed by atoms with E-state index in [4.69, 9.17) is 4.74 Å². The maximum atomic E-state index is 7.01. The summed E-state index contributed by atoms with van der Waals surface area (Å²) in [5, 5.41) is 3.87. The molecular formula is C24H31NO. The van der Waals surface area contributed by atoms with Gasteiger partial charge in [0.1, 0.15) is 5.72 Å². The topological polar surface area (TPSA) is 21.3 Å². The van der Waals surface area contributed by atoms with Crippen LogP contribution in [0.15, 0.2) is 54.6 Å². The lowest BCUT2D eigenvalue weighted by atomic mass is 9.70. The van der Waals surface area contributed by atoms with Crippen LogP contribution in [0.1, 0.15) is 63.1 Å². The van der Waals surface area contributed by atoms with Gasteiger partial charge in [0, 0.05) is 18.4 Å². The highest BCUT2D eigenvalue weighted by Crippen LogP contribution is 2.58. The highest BCUT2D eigenvalue weighted by molar-refractivity contribution is 5.39. The van der Waals surface area contributed by atoms with Gasteiger partial charge in [-0.15, -0.1) is 0 Å². The van der Waals surface area contributed by atoms with Gasteiger partial charge in [-0.25, -0.2) is 0 Å². The molecule has 0 saturated carbocycles. The van der Waals surface area contributed by atoms with E-state index < -0.39 is 5.72 Å². The third-order valence-corrected chi connectivity index (χ3v) is 6.21. The van der Waals surface area contributed by atoms with Crippen LogP contribution in [0.25, 0.3) is 0 Å². The molecule has 1 N–H and O–H groups in total. The van der Waals surface area contributed by atoms with Gasteiger partial charge in [0.05, 0.1) is 6.10 Å². The fraction of sp³-hybridized carbons (Fsp3) is 0.500. The molecule has 138 valence electrons. The Balaban J connectivity index is 1.93. The Morgan fingerprint density at radius 1 is 1.04 bits per heavy atom. The normalized spacial score (nSPS) is 30.7. The maximum absolute atomic E-state index is 7.01. The van der Waals surface area contributed by atoms with Crippen molar-refractivity contribution >= 4 is 0 Å².